The number of rotatable bonds is 14. The highest BCUT2D eigenvalue weighted by Crippen LogP contribution is 2.38. The number of nitrogens with zero attached hydrogens (tertiary/aromatic N) is 1. The van der Waals surface area contributed by atoms with E-state index in [1.165, 1.54) is 12.0 Å². The molecule has 3 aromatic carbocycles. The number of hydrogen-bond donors (Lipinski definition) is 2. The fourth-order valence-corrected chi connectivity index (χ4v) is 5.25. The normalized spacial score (nSPS) is 13.0. The minimum absolute atomic E-state index is 0.111. The van der Waals surface area contributed by atoms with Crippen LogP contribution in [-0.4, -0.2) is 57.1 Å². The molecule has 0 aromatic heterocycles. The molecule has 0 saturated carbocycles. The first-order chi connectivity index (χ1) is 19.9. The molecule has 1 aliphatic heterocycles. The lowest BCUT2D eigenvalue weighted by Crippen LogP contribution is -2.33. The number of imide groups is 1. The van der Waals surface area contributed by atoms with Crippen molar-refractivity contribution in [3.05, 3.63) is 89.0 Å². The van der Waals surface area contributed by atoms with E-state index in [2.05, 4.69) is 10.6 Å². The van der Waals surface area contributed by atoms with Crippen LogP contribution in [0.25, 0.3) is 0 Å². The number of hydrogen-bond acceptors (Lipinski definition) is 8. The van der Waals surface area contributed by atoms with E-state index in [0.717, 1.165) is 17.3 Å². The number of benzene rings is 3. The Morgan fingerprint density at radius 2 is 1.71 bits per heavy atom. The Bertz CT molecular complexity index is 1430. The molecule has 214 valence electrons. The highest BCUT2D eigenvalue weighted by atomic mass is 32.2. The van der Waals surface area contributed by atoms with Crippen molar-refractivity contribution in [3.8, 4) is 11.5 Å². The first-order valence-corrected chi connectivity index (χ1v) is 13.9. The summed E-state index contributed by atoms with van der Waals surface area (Å²) in [6, 6.07) is 22.2. The molecular formula is C31H33N3O6S. The number of aryl methyl sites for hydroxylation is 1. The van der Waals surface area contributed by atoms with Gasteiger partial charge in [0.1, 0.15) is 22.1 Å². The van der Waals surface area contributed by atoms with Crippen LogP contribution in [0.15, 0.2) is 88.3 Å². The van der Waals surface area contributed by atoms with Gasteiger partial charge >= 0.3 is 0 Å². The molecule has 4 rings (SSSR count). The zero-order chi connectivity index (χ0) is 29.2. The Kier molecular flexibility index (Phi) is 10.4. The Labute approximate surface area is 243 Å². The third-order valence-corrected chi connectivity index (χ3v) is 7.42. The summed E-state index contributed by atoms with van der Waals surface area (Å²) >= 11 is 1.16. The lowest BCUT2D eigenvalue weighted by Gasteiger charge is -2.15. The van der Waals surface area contributed by atoms with Crippen LogP contribution in [0.1, 0.15) is 18.4 Å². The molecule has 0 radical (unpaired) electrons. The largest absolute Gasteiger partial charge is 0.497 e. The van der Waals surface area contributed by atoms with Gasteiger partial charge in [0, 0.05) is 43.3 Å². The third-order valence-electron chi connectivity index (χ3n) is 6.35. The number of methoxy groups -OCH3 is 3. The number of carbonyl (C=O) groups is 3. The highest BCUT2D eigenvalue weighted by molar-refractivity contribution is 8.04. The van der Waals surface area contributed by atoms with Gasteiger partial charge in [-0.3, -0.25) is 19.3 Å². The standard InChI is InChI=1S/C31H33N3O6S/c1-38-18-8-17-34-30(36)28(33-25-15-14-23(39-2)20-26(25)40-3)29(31(34)37)41-24-12-7-11-22(19-24)32-27(35)16-13-21-9-5-4-6-10-21/h4-7,9-12,14-15,19-20,33H,8,13,16-18H2,1-3H3,(H,32,35). The molecule has 9 nitrogen and oxygen atoms in total. The molecule has 41 heavy (non-hydrogen) atoms. The summed E-state index contributed by atoms with van der Waals surface area (Å²) in [5.41, 5.74) is 2.36. The van der Waals surface area contributed by atoms with Crippen LogP contribution in [0.4, 0.5) is 11.4 Å². The van der Waals surface area contributed by atoms with Crippen LogP contribution in [0.2, 0.25) is 0 Å². The van der Waals surface area contributed by atoms with Gasteiger partial charge < -0.3 is 24.8 Å². The van der Waals surface area contributed by atoms with Gasteiger partial charge in [-0.2, -0.15) is 0 Å². The number of ether oxygens (including phenoxy) is 3. The first kappa shape index (κ1) is 29.7. The Hall–Kier alpha value is -4.28. The van der Waals surface area contributed by atoms with E-state index in [-0.39, 0.29) is 23.1 Å². The molecule has 3 aromatic rings. The lowest BCUT2D eigenvalue weighted by molar-refractivity contribution is -0.137. The zero-order valence-corrected chi connectivity index (χ0v) is 24.1. The molecular weight excluding hydrogens is 542 g/mol. The molecule has 0 saturated heterocycles. The first-order valence-electron chi connectivity index (χ1n) is 13.1. The molecule has 0 fully saturated rings. The van der Waals surface area contributed by atoms with Gasteiger partial charge in [0.2, 0.25) is 5.91 Å². The molecule has 0 aliphatic carbocycles. The Morgan fingerprint density at radius 1 is 0.902 bits per heavy atom. The quantitative estimate of drug-likeness (QED) is 0.202. The van der Waals surface area contributed by atoms with Crippen LogP contribution < -0.4 is 20.1 Å². The van der Waals surface area contributed by atoms with Gasteiger partial charge in [-0.1, -0.05) is 48.2 Å². The summed E-state index contributed by atoms with van der Waals surface area (Å²) in [6.07, 6.45) is 1.48. The van der Waals surface area contributed by atoms with Crippen molar-refractivity contribution in [1.29, 1.82) is 0 Å². The fraction of sp³-hybridized carbons (Fsp3) is 0.258. The minimum atomic E-state index is -0.433. The predicted octanol–water partition coefficient (Wildman–Crippen LogP) is 5.10. The van der Waals surface area contributed by atoms with E-state index in [9.17, 15) is 14.4 Å². The summed E-state index contributed by atoms with van der Waals surface area (Å²) in [6.45, 7) is 0.638. The molecule has 2 N–H and O–H groups in total. The molecule has 0 bridgehead atoms. The second-order valence-corrected chi connectivity index (χ2v) is 10.3. The van der Waals surface area contributed by atoms with Gasteiger partial charge in [-0.25, -0.2) is 0 Å². The van der Waals surface area contributed by atoms with Crippen molar-refractivity contribution in [2.24, 2.45) is 0 Å². The van der Waals surface area contributed by atoms with Crippen molar-refractivity contribution in [3.63, 3.8) is 0 Å². The third kappa shape index (κ3) is 7.68. The average Bonchev–Trinajstić information content (AvgIpc) is 3.20. The van der Waals surface area contributed by atoms with Crippen LogP contribution in [-0.2, 0) is 25.5 Å². The number of amides is 3. The second kappa shape index (κ2) is 14.4. The van der Waals surface area contributed by atoms with E-state index < -0.39 is 11.8 Å². The average molecular weight is 576 g/mol. The smallest absolute Gasteiger partial charge is 0.278 e. The number of anilines is 2. The fourth-order valence-electron chi connectivity index (χ4n) is 4.25. The van der Waals surface area contributed by atoms with Crippen LogP contribution in [0, 0.1) is 0 Å². The van der Waals surface area contributed by atoms with E-state index in [1.807, 2.05) is 36.4 Å². The summed E-state index contributed by atoms with van der Waals surface area (Å²) in [4.78, 5) is 41.7. The van der Waals surface area contributed by atoms with Gasteiger partial charge in [0.25, 0.3) is 11.8 Å². The number of nitrogens with one attached hydrogen (secondary N) is 2. The van der Waals surface area contributed by atoms with Crippen molar-refractivity contribution in [1.82, 2.24) is 4.90 Å². The van der Waals surface area contributed by atoms with Crippen molar-refractivity contribution >= 4 is 40.9 Å². The van der Waals surface area contributed by atoms with E-state index in [1.54, 1.807) is 50.6 Å². The Balaban J connectivity index is 1.55. The molecule has 0 spiro atoms. The molecule has 1 heterocycles. The summed E-state index contributed by atoms with van der Waals surface area (Å²) in [5, 5.41) is 6.06. The zero-order valence-electron chi connectivity index (χ0n) is 23.3. The monoisotopic (exact) mass is 575 g/mol. The maximum Gasteiger partial charge on any atom is 0.278 e. The maximum atomic E-state index is 13.5. The molecule has 3 amide bonds. The van der Waals surface area contributed by atoms with Gasteiger partial charge in [0.05, 0.1) is 19.9 Å². The van der Waals surface area contributed by atoms with E-state index >= 15 is 0 Å². The summed E-state index contributed by atoms with van der Waals surface area (Å²) in [5.74, 6) is 0.106. The van der Waals surface area contributed by atoms with E-state index in [4.69, 9.17) is 14.2 Å². The van der Waals surface area contributed by atoms with Crippen LogP contribution in [0.3, 0.4) is 0 Å². The van der Waals surface area contributed by atoms with Crippen molar-refractivity contribution in [2.45, 2.75) is 24.2 Å². The maximum absolute atomic E-state index is 13.5. The molecule has 10 heteroatoms. The summed E-state index contributed by atoms with van der Waals surface area (Å²) in [7, 11) is 4.64. The number of thioether (sulfide) groups is 1. The Morgan fingerprint density at radius 3 is 2.44 bits per heavy atom. The molecule has 1 aliphatic rings. The van der Waals surface area contributed by atoms with Crippen molar-refractivity contribution in [2.75, 3.05) is 45.1 Å². The second-order valence-electron chi connectivity index (χ2n) is 9.17. The SMILES string of the molecule is COCCCN1C(=O)C(Nc2ccc(OC)cc2OC)=C(Sc2cccc(NC(=O)CCc3ccccc3)c2)C1=O. The molecule has 0 unspecified atom stereocenters. The molecule has 0 atom stereocenters. The van der Waals surface area contributed by atoms with E-state index in [0.29, 0.717) is 53.6 Å². The van der Waals surface area contributed by atoms with Crippen LogP contribution >= 0.6 is 11.8 Å². The van der Waals surface area contributed by atoms with Gasteiger partial charge in [-0.15, -0.1) is 0 Å². The summed E-state index contributed by atoms with van der Waals surface area (Å²) < 4.78 is 15.9. The van der Waals surface area contributed by atoms with Gasteiger partial charge in [0.15, 0.2) is 0 Å². The topological polar surface area (TPSA) is 106 Å². The lowest BCUT2D eigenvalue weighted by atomic mass is 10.1. The van der Waals surface area contributed by atoms with Crippen molar-refractivity contribution < 1.29 is 28.6 Å². The minimum Gasteiger partial charge on any atom is -0.497 e. The predicted molar refractivity (Wildman–Crippen MR) is 159 cm³/mol. The number of carbonyl (C=O) groups excluding carboxylic acids is 3. The highest BCUT2D eigenvalue weighted by Gasteiger charge is 2.39. The van der Waals surface area contributed by atoms with Crippen LogP contribution in [0.5, 0.6) is 11.5 Å². The van der Waals surface area contributed by atoms with Gasteiger partial charge in [-0.05, 0) is 48.7 Å².